The zero-order valence-corrected chi connectivity index (χ0v) is 14.8. The number of guanidine groups is 1. The fraction of sp³-hybridized carbons (Fsp3) is 0.235. The molecule has 0 saturated carbocycles. The number of hydrogen-bond donors (Lipinski definition) is 2. The molecule has 0 radical (unpaired) electrons. The number of halogens is 2. The first kappa shape index (κ1) is 18.4. The van der Waals surface area contributed by atoms with E-state index in [2.05, 4.69) is 10.3 Å². The van der Waals surface area contributed by atoms with Crippen molar-refractivity contribution in [1.29, 1.82) is 0 Å². The van der Waals surface area contributed by atoms with E-state index < -0.39 is 0 Å². The largest absolute Gasteiger partial charge is 0.497 e. The second-order valence-electron chi connectivity index (χ2n) is 4.91. The zero-order valence-electron chi connectivity index (χ0n) is 13.3. The van der Waals surface area contributed by atoms with E-state index in [1.165, 1.54) is 0 Å². The molecule has 7 heteroatoms. The number of rotatable bonds is 7. The molecular weight excluding hydrogens is 349 g/mol. The van der Waals surface area contributed by atoms with Gasteiger partial charge in [0.2, 0.25) is 0 Å². The smallest absolute Gasteiger partial charge is 0.193 e. The van der Waals surface area contributed by atoms with E-state index in [-0.39, 0.29) is 0 Å². The number of ether oxygens (including phenoxy) is 2. The topological polar surface area (TPSA) is 68.9 Å². The predicted molar refractivity (Wildman–Crippen MR) is 99.2 cm³/mol. The lowest BCUT2D eigenvalue weighted by Crippen LogP contribution is -2.23. The molecule has 0 saturated heterocycles. The summed E-state index contributed by atoms with van der Waals surface area (Å²) < 4.78 is 10.7. The first-order valence-corrected chi connectivity index (χ1v) is 8.07. The molecule has 0 fully saturated rings. The minimum Gasteiger partial charge on any atom is -0.497 e. The highest BCUT2D eigenvalue weighted by Gasteiger charge is 2.01. The first-order chi connectivity index (χ1) is 11.6. The summed E-state index contributed by atoms with van der Waals surface area (Å²) >= 11 is 11.9. The Hall–Kier alpha value is -1.95. The van der Waals surface area contributed by atoms with Crippen molar-refractivity contribution in [3.8, 4) is 5.75 Å². The van der Waals surface area contributed by atoms with Crippen molar-refractivity contribution in [2.24, 2.45) is 10.7 Å². The van der Waals surface area contributed by atoms with Gasteiger partial charge in [0.05, 0.1) is 26.9 Å². The number of hydrogen-bond acceptors (Lipinski definition) is 3. The van der Waals surface area contributed by atoms with E-state index in [1.54, 1.807) is 19.2 Å². The van der Waals surface area contributed by atoms with Crippen LogP contribution in [0.4, 0.5) is 5.69 Å². The minimum absolute atomic E-state index is 0.316. The van der Waals surface area contributed by atoms with Crippen molar-refractivity contribution >= 4 is 34.8 Å². The molecule has 3 N–H and O–H groups in total. The highest BCUT2D eigenvalue weighted by atomic mass is 35.5. The Kier molecular flexibility index (Phi) is 7.18. The molecule has 128 valence electrons. The Morgan fingerprint density at radius 1 is 1.21 bits per heavy atom. The number of anilines is 1. The van der Waals surface area contributed by atoms with Crippen molar-refractivity contribution in [3.05, 3.63) is 58.1 Å². The number of benzene rings is 2. The molecule has 2 aromatic carbocycles. The third-order valence-electron chi connectivity index (χ3n) is 3.13. The van der Waals surface area contributed by atoms with Crippen LogP contribution >= 0.6 is 23.2 Å². The Bertz CT molecular complexity index is 708. The van der Waals surface area contributed by atoms with E-state index in [9.17, 15) is 0 Å². The highest BCUT2D eigenvalue weighted by molar-refractivity contribution is 6.35. The fourth-order valence-corrected chi connectivity index (χ4v) is 2.40. The van der Waals surface area contributed by atoms with Crippen LogP contribution in [0.1, 0.15) is 5.56 Å². The van der Waals surface area contributed by atoms with Crippen LogP contribution in [0.15, 0.2) is 47.5 Å². The van der Waals surface area contributed by atoms with Gasteiger partial charge in [-0.15, -0.1) is 0 Å². The summed E-state index contributed by atoms with van der Waals surface area (Å²) in [5.41, 5.74) is 7.53. The number of nitrogens with two attached hydrogens (primary N) is 1. The Balaban J connectivity index is 1.74. The summed E-state index contributed by atoms with van der Waals surface area (Å²) in [6, 6.07) is 12.7. The minimum atomic E-state index is 0.316. The van der Waals surface area contributed by atoms with E-state index in [4.69, 9.17) is 38.4 Å². The first-order valence-electron chi connectivity index (χ1n) is 7.31. The summed E-state index contributed by atoms with van der Waals surface area (Å²) in [5, 5.41) is 4.19. The van der Waals surface area contributed by atoms with Gasteiger partial charge in [-0.25, -0.2) is 0 Å². The molecule has 0 amide bonds. The molecule has 0 heterocycles. The molecule has 0 aromatic heterocycles. The molecule has 0 bridgehead atoms. The quantitative estimate of drug-likeness (QED) is 0.441. The monoisotopic (exact) mass is 367 g/mol. The molecule has 2 aromatic rings. The summed E-state index contributed by atoms with van der Waals surface area (Å²) in [6.07, 6.45) is 0. The van der Waals surface area contributed by atoms with Crippen LogP contribution in [0, 0.1) is 0 Å². The van der Waals surface area contributed by atoms with Crippen molar-refractivity contribution in [3.63, 3.8) is 0 Å². The summed E-state index contributed by atoms with van der Waals surface area (Å²) in [5.74, 6) is 1.06. The Labute approximate surface area is 151 Å². The summed E-state index contributed by atoms with van der Waals surface area (Å²) in [6.45, 7) is 1.27. The molecule has 0 unspecified atom stereocenters. The van der Waals surface area contributed by atoms with Crippen LogP contribution < -0.4 is 15.8 Å². The predicted octanol–water partition coefficient (Wildman–Crippen LogP) is 3.95. The fourth-order valence-electron chi connectivity index (χ4n) is 1.94. The van der Waals surface area contributed by atoms with Gasteiger partial charge in [-0.1, -0.05) is 35.3 Å². The average molecular weight is 368 g/mol. The molecule has 0 spiro atoms. The maximum atomic E-state index is 6.08. The second kappa shape index (κ2) is 9.37. The van der Waals surface area contributed by atoms with Crippen molar-refractivity contribution in [1.82, 2.24) is 0 Å². The van der Waals surface area contributed by atoms with Crippen LogP contribution in [0.5, 0.6) is 5.75 Å². The number of aliphatic imine (C=N–C) groups is 1. The summed E-state index contributed by atoms with van der Waals surface area (Å²) in [4.78, 5) is 4.21. The van der Waals surface area contributed by atoms with Gasteiger partial charge in [0.15, 0.2) is 5.96 Å². The average Bonchev–Trinajstić information content (AvgIpc) is 2.56. The third kappa shape index (κ3) is 5.92. The van der Waals surface area contributed by atoms with E-state index in [1.807, 2.05) is 30.3 Å². The molecule has 0 aliphatic rings. The molecule has 24 heavy (non-hydrogen) atoms. The lowest BCUT2D eigenvalue weighted by atomic mass is 10.2. The van der Waals surface area contributed by atoms with Crippen LogP contribution in [0.2, 0.25) is 10.0 Å². The highest BCUT2D eigenvalue weighted by Crippen LogP contribution is 2.21. The van der Waals surface area contributed by atoms with Gasteiger partial charge in [-0.3, -0.25) is 4.99 Å². The van der Waals surface area contributed by atoms with Crippen LogP contribution in [0.3, 0.4) is 0 Å². The van der Waals surface area contributed by atoms with Crippen LogP contribution in [-0.4, -0.2) is 26.2 Å². The standard InChI is InChI=1S/C17H19Cl2N3O2/c1-23-15-4-2-3-14(10-15)22-17(20)21-7-8-24-11-12-5-6-13(18)9-16(12)19/h2-6,9-10H,7-8,11H2,1H3,(H3,20,21,22). The van der Waals surface area contributed by atoms with Crippen LogP contribution in [-0.2, 0) is 11.3 Å². The van der Waals surface area contributed by atoms with Gasteiger partial charge in [-0.2, -0.15) is 0 Å². The molecule has 0 atom stereocenters. The van der Waals surface area contributed by atoms with Crippen molar-refractivity contribution in [2.75, 3.05) is 25.6 Å². The zero-order chi connectivity index (χ0) is 17.4. The lowest BCUT2D eigenvalue weighted by Gasteiger charge is -2.08. The third-order valence-corrected chi connectivity index (χ3v) is 3.72. The molecule has 0 aliphatic heterocycles. The van der Waals surface area contributed by atoms with E-state index in [0.717, 1.165) is 17.0 Å². The second-order valence-corrected chi connectivity index (χ2v) is 5.76. The molecule has 5 nitrogen and oxygen atoms in total. The SMILES string of the molecule is COc1cccc(NC(N)=NCCOCc2ccc(Cl)cc2Cl)c1. The van der Waals surface area contributed by atoms with Crippen molar-refractivity contribution in [2.45, 2.75) is 6.61 Å². The van der Waals surface area contributed by atoms with Gasteiger partial charge < -0.3 is 20.5 Å². The number of nitrogens with one attached hydrogen (secondary N) is 1. The van der Waals surface area contributed by atoms with Crippen molar-refractivity contribution < 1.29 is 9.47 Å². The van der Waals surface area contributed by atoms with Gasteiger partial charge >= 0.3 is 0 Å². The van der Waals surface area contributed by atoms with Crippen LogP contribution in [0.25, 0.3) is 0 Å². The number of nitrogens with zero attached hydrogens (tertiary/aromatic N) is 1. The Morgan fingerprint density at radius 3 is 2.79 bits per heavy atom. The molecule has 0 aliphatic carbocycles. The lowest BCUT2D eigenvalue weighted by molar-refractivity contribution is 0.128. The number of methoxy groups -OCH3 is 1. The van der Waals surface area contributed by atoms with E-state index in [0.29, 0.717) is 35.8 Å². The van der Waals surface area contributed by atoms with E-state index >= 15 is 0 Å². The normalized spacial score (nSPS) is 11.4. The maximum Gasteiger partial charge on any atom is 0.193 e. The summed E-state index contributed by atoms with van der Waals surface area (Å²) in [7, 11) is 1.61. The Morgan fingerprint density at radius 2 is 2.04 bits per heavy atom. The van der Waals surface area contributed by atoms with Gasteiger partial charge in [0.1, 0.15) is 5.75 Å². The van der Waals surface area contributed by atoms with Gasteiger partial charge in [-0.05, 0) is 29.8 Å². The molecular formula is C17H19Cl2N3O2. The van der Waals surface area contributed by atoms with Gasteiger partial charge in [0.25, 0.3) is 0 Å². The molecule has 2 rings (SSSR count). The maximum absolute atomic E-state index is 6.08. The van der Waals surface area contributed by atoms with Gasteiger partial charge in [0, 0.05) is 21.8 Å².